The van der Waals surface area contributed by atoms with Crippen LogP contribution in [-0.4, -0.2) is 24.9 Å². The van der Waals surface area contributed by atoms with Gasteiger partial charge in [-0.05, 0) is 19.1 Å². The minimum Gasteiger partial charge on any atom is -0.406 e. The molecule has 0 amide bonds. The summed E-state index contributed by atoms with van der Waals surface area (Å²) < 4.78 is 40.9. The molecule has 0 aliphatic rings. The third-order valence-electron chi connectivity index (χ3n) is 3.47. The van der Waals surface area contributed by atoms with E-state index in [-0.39, 0.29) is 18.1 Å². The summed E-state index contributed by atoms with van der Waals surface area (Å²) in [7, 11) is 1.33. The van der Waals surface area contributed by atoms with E-state index >= 15 is 0 Å². The molecular formula is C19H16F3N3O3. The van der Waals surface area contributed by atoms with Gasteiger partial charge < -0.3 is 14.4 Å². The smallest absolute Gasteiger partial charge is 0.406 e. The predicted octanol–water partition coefficient (Wildman–Crippen LogP) is 4.40. The van der Waals surface area contributed by atoms with Gasteiger partial charge in [-0.3, -0.25) is 0 Å². The van der Waals surface area contributed by atoms with Crippen molar-refractivity contribution >= 4 is 11.4 Å². The Labute approximate surface area is 159 Å². The molecule has 0 atom stereocenters. The molecular weight excluding hydrogens is 375 g/mol. The van der Waals surface area contributed by atoms with Gasteiger partial charge in [0.1, 0.15) is 25.5 Å². The van der Waals surface area contributed by atoms with E-state index < -0.39 is 6.36 Å². The summed E-state index contributed by atoms with van der Waals surface area (Å²) in [4.78, 5) is 9.97. The Morgan fingerprint density at radius 1 is 1.11 bits per heavy atom. The quantitative estimate of drug-likeness (QED) is 0.518. The van der Waals surface area contributed by atoms with Gasteiger partial charge in [-0.1, -0.05) is 46.7 Å². The molecule has 0 saturated heterocycles. The van der Waals surface area contributed by atoms with E-state index in [1.54, 1.807) is 37.3 Å². The summed E-state index contributed by atoms with van der Waals surface area (Å²) >= 11 is 0. The van der Waals surface area contributed by atoms with Crippen molar-refractivity contribution in [2.45, 2.75) is 19.9 Å². The highest BCUT2D eigenvalue weighted by Gasteiger charge is 2.31. The van der Waals surface area contributed by atoms with Gasteiger partial charge in [-0.25, -0.2) is 0 Å². The number of nitrogens with zero attached hydrogens (tertiary/aromatic N) is 3. The first-order chi connectivity index (χ1) is 13.3. The highest BCUT2D eigenvalue weighted by atomic mass is 19.4. The van der Waals surface area contributed by atoms with Crippen LogP contribution in [0.4, 0.5) is 13.2 Å². The molecule has 0 heterocycles. The van der Waals surface area contributed by atoms with Gasteiger partial charge in [0.2, 0.25) is 0 Å². The Kier molecular flexibility index (Phi) is 6.98. The molecule has 0 aliphatic heterocycles. The summed E-state index contributed by atoms with van der Waals surface area (Å²) in [5.41, 5.74) is 2.02. The second-order valence-corrected chi connectivity index (χ2v) is 5.42. The second-order valence-electron chi connectivity index (χ2n) is 5.42. The number of ether oxygens (including phenoxy) is 1. The highest BCUT2D eigenvalue weighted by molar-refractivity contribution is 6.12. The van der Waals surface area contributed by atoms with Crippen LogP contribution >= 0.6 is 0 Å². The molecule has 0 aliphatic carbocycles. The first-order valence-electron chi connectivity index (χ1n) is 7.96. The van der Waals surface area contributed by atoms with Crippen LogP contribution in [-0.2, 0) is 16.3 Å². The number of oxime groups is 2. The number of rotatable bonds is 7. The molecule has 2 rings (SSSR count). The largest absolute Gasteiger partial charge is 0.573 e. The Morgan fingerprint density at radius 3 is 2.54 bits per heavy atom. The van der Waals surface area contributed by atoms with Crippen LogP contribution in [0.1, 0.15) is 23.6 Å². The summed E-state index contributed by atoms with van der Waals surface area (Å²) in [6, 6.07) is 14.3. The van der Waals surface area contributed by atoms with Gasteiger partial charge >= 0.3 is 6.36 Å². The van der Waals surface area contributed by atoms with Crippen LogP contribution in [0, 0.1) is 11.3 Å². The maximum Gasteiger partial charge on any atom is 0.573 e. The summed E-state index contributed by atoms with van der Waals surface area (Å²) in [6.45, 7) is 1.61. The van der Waals surface area contributed by atoms with E-state index in [0.29, 0.717) is 22.4 Å². The van der Waals surface area contributed by atoms with E-state index in [4.69, 9.17) is 4.84 Å². The molecule has 0 fully saturated rings. The fourth-order valence-corrected chi connectivity index (χ4v) is 2.27. The number of nitriles is 1. The zero-order valence-electron chi connectivity index (χ0n) is 15.0. The molecule has 0 aromatic heterocycles. The second kappa shape index (κ2) is 9.41. The monoisotopic (exact) mass is 391 g/mol. The number of halogens is 3. The fraction of sp³-hybridized carbons (Fsp3) is 0.211. The van der Waals surface area contributed by atoms with Crippen LogP contribution in [0.3, 0.4) is 0 Å². The fourth-order valence-electron chi connectivity index (χ4n) is 2.27. The van der Waals surface area contributed by atoms with Crippen LogP contribution < -0.4 is 4.74 Å². The maximum absolute atomic E-state index is 12.3. The molecule has 28 heavy (non-hydrogen) atoms. The van der Waals surface area contributed by atoms with Crippen LogP contribution in [0.15, 0.2) is 58.8 Å². The van der Waals surface area contributed by atoms with Gasteiger partial charge in [0.15, 0.2) is 5.71 Å². The predicted molar refractivity (Wildman–Crippen MR) is 95.7 cm³/mol. The Morgan fingerprint density at radius 2 is 1.86 bits per heavy atom. The topological polar surface area (TPSA) is 76.2 Å². The zero-order valence-corrected chi connectivity index (χ0v) is 15.0. The Balaban J connectivity index is 2.13. The van der Waals surface area contributed by atoms with E-state index in [1.807, 2.05) is 6.07 Å². The lowest BCUT2D eigenvalue weighted by atomic mass is 10.0. The Hall–Kier alpha value is -3.54. The molecule has 146 valence electrons. The van der Waals surface area contributed by atoms with E-state index in [9.17, 15) is 18.4 Å². The lowest BCUT2D eigenvalue weighted by molar-refractivity contribution is -0.274. The first kappa shape index (κ1) is 20.8. The van der Waals surface area contributed by atoms with Crippen molar-refractivity contribution in [2.24, 2.45) is 10.3 Å². The number of benzene rings is 2. The minimum atomic E-state index is -4.77. The van der Waals surface area contributed by atoms with Crippen molar-refractivity contribution in [1.82, 2.24) is 0 Å². The summed E-state index contributed by atoms with van der Waals surface area (Å²) in [5.74, 6) is -0.348. The van der Waals surface area contributed by atoms with Gasteiger partial charge in [0, 0.05) is 16.7 Å². The molecule has 9 heteroatoms. The normalized spacial score (nSPS) is 12.3. The lowest BCUT2D eigenvalue weighted by Crippen LogP contribution is -2.17. The lowest BCUT2D eigenvalue weighted by Gasteiger charge is -2.10. The van der Waals surface area contributed by atoms with E-state index in [1.165, 1.54) is 25.3 Å². The molecule has 0 saturated carbocycles. The standard InChI is InChI=1S/C19H16F3N3O3/c1-13(14-7-5-8-16(10-14)28-19(20,21)22)24-27-12-15-6-3-4-9-17(15)18(11-23)25-26-2/h3-10H,12H2,1-2H3. The van der Waals surface area contributed by atoms with Crippen molar-refractivity contribution in [3.8, 4) is 11.8 Å². The molecule has 0 radical (unpaired) electrons. The van der Waals surface area contributed by atoms with Gasteiger partial charge in [0.05, 0.1) is 5.71 Å². The van der Waals surface area contributed by atoms with Crippen molar-refractivity contribution < 1.29 is 27.6 Å². The summed E-state index contributed by atoms with van der Waals surface area (Å²) in [5, 5.41) is 16.8. The van der Waals surface area contributed by atoms with Crippen LogP contribution in [0.25, 0.3) is 0 Å². The first-order valence-corrected chi connectivity index (χ1v) is 7.96. The third-order valence-corrected chi connectivity index (χ3v) is 3.47. The molecule has 6 nitrogen and oxygen atoms in total. The highest BCUT2D eigenvalue weighted by Crippen LogP contribution is 2.23. The molecule has 0 unspecified atom stereocenters. The number of hydrogen-bond acceptors (Lipinski definition) is 6. The molecule has 0 spiro atoms. The van der Waals surface area contributed by atoms with Crippen molar-refractivity contribution in [1.29, 1.82) is 5.26 Å². The number of alkyl halides is 3. The maximum atomic E-state index is 12.3. The average molecular weight is 391 g/mol. The van der Waals surface area contributed by atoms with Gasteiger partial charge in [-0.15, -0.1) is 13.2 Å². The van der Waals surface area contributed by atoms with Crippen LogP contribution in [0.5, 0.6) is 5.75 Å². The third kappa shape index (κ3) is 6.02. The van der Waals surface area contributed by atoms with Gasteiger partial charge in [0.25, 0.3) is 0 Å². The van der Waals surface area contributed by atoms with Crippen molar-refractivity contribution in [3.05, 3.63) is 65.2 Å². The van der Waals surface area contributed by atoms with E-state index in [2.05, 4.69) is 19.9 Å². The minimum absolute atomic E-state index is 0.0245. The van der Waals surface area contributed by atoms with Crippen molar-refractivity contribution in [2.75, 3.05) is 7.11 Å². The Bertz CT molecular complexity index is 918. The molecule has 2 aromatic carbocycles. The molecule has 0 bridgehead atoms. The summed E-state index contributed by atoms with van der Waals surface area (Å²) in [6.07, 6.45) is -4.77. The molecule has 0 N–H and O–H groups in total. The van der Waals surface area contributed by atoms with E-state index in [0.717, 1.165) is 0 Å². The molecule has 2 aromatic rings. The van der Waals surface area contributed by atoms with Gasteiger partial charge in [-0.2, -0.15) is 5.26 Å². The van der Waals surface area contributed by atoms with Crippen LogP contribution in [0.2, 0.25) is 0 Å². The number of hydrogen-bond donors (Lipinski definition) is 0. The average Bonchev–Trinajstić information content (AvgIpc) is 2.65. The zero-order chi connectivity index (χ0) is 20.6. The SMILES string of the molecule is CON=C(C#N)c1ccccc1CON=C(C)c1cccc(OC(F)(F)F)c1. The van der Waals surface area contributed by atoms with Crippen molar-refractivity contribution in [3.63, 3.8) is 0 Å².